The van der Waals surface area contributed by atoms with Gasteiger partial charge in [-0.15, -0.1) is 0 Å². The molecule has 0 saturated carbocycles. The van der Waals surface area contributed by atoms with Crippen LogP contribution >= 0.6 is 0 Å². The van der Waals surface area contributed by atoms with Crippen molar-refractivity contribution in [2.75, 3.05) is 25.0 Å². The molecule has 2 rings (SSSR count). The van der Waals surface area contributed by atoms with Gasteiger partial charge in [0.05, 0.1) is 35.9 Å². The molecule has 2 aromatic carbocycles. The Labute approximate surface area is 188 Å². The Balaban J connectivity index is 2.39. The van der Waals surface area contributed by atoms with Crippen molar-refractivity contribution in [3.8, 4) is 0 Å². The smallest absolute Gasteiger partial charge is 0.340 e. The van der Waals surface area contributed by atoms with E-state index in [1.54, 1.807) is 0 Å². The number of hydrazone groups is 1. The minimum atomic E-state index is -4.52. The van der Waals surface area contributed by atoms with Gasteiger partial charge in [0.25, 0.3) is 16.0 Å². The second kappa shape index (κ2) is 10.5. The summed E-state index contributed by atoms with van der Waals surface area (Å²) in [5.41, 5.74) is 1.69. The summed E-state index contributed by atoms with van der Waals surface area (Å²) in [7, 11) is -2.21. The van der Waals surface area contributed by atoms with E-state index in [4.69, 9.17) is 4.55 Å². The third-order valence-electron chi connectivity index (χ3n) is 4.07. The normalized spacial score (nSPS) is 11.3. The molecule has 0 fully saturated rings. The fourth-order valence-corrected chi connectivity index (χ4v) is 3.03. The molecule has 0 heterocycles. The number of benzene rings is 2. The highest BCUT2D eigenvalue weighted by Gasteiger charge is 2.20. The fraction of sp³-hybridized carbons (Fsp3) is 0.150. The summed E-state index contributed by atoms with van der Waals surface area (Å²) in [5.74, 6) is -3.26. The van der Waals surface area contributed by atoms with E-state index < -0.39 is 44.4 Å². The maximum Gasteiger partial charge on any atom is 0.340 e. The van der Waals surface area contributed by atoms with Gasteiger partial charge >= 0.3 is 11.9 Å². The standard InChI is InChI=1S/C20H19N3O9S/c1-11(24)17(18(25)21-13-5-4-6-14(10-13)33(28,29)30)23-22-16-9-12(19(26)31-2)7-8-15(16)20(27)32-3/h4-10,22H,1-3H3,(H,21,25)(H,28,29,30)/b23-17-. The van der Waals surface area contributed by atoms with Crippen LogP contribution in [-0.4, -0.2) is 56.5 Å². The highest BCUT2D eigenvalue weighted by molar-refractivity contribution is 7.85. The molecule has 3 N–H and O–H groups in total. The Kier molecular flexibility index (Phi) is 7.99. The Bertz CT molecular complexity index is 1250. The number of nitrogens with zero attached hydrogens (tertiary/aromatic N) is 1. The van der Waals surface area contributed by atoms with E-state index in [1.807, 2.05) is 0 Å². The minimum Gasteiger partial charge on any atom is -0.465 e. The number of amides is 1. The van der Waals surface area contributed by atoms with Gasteiger partial charge in [0.15, 0.2) is 11.5 Å². The van der Waals surface area contributed by atoms with Crippen LogP contribution in [0.5, 0.6) is 0 Å². The maximum atomic E-state index is 12.6. The molecule has 0 aliphatic heterocycles. The number of anilines is 2. The third-order valence-corrected chi connectivity index (χ3v) is 4.92. The van der Waals surface area contributed by atoms with Crippen molar-refractivity contribution in [3.05, 3.63) is 53.6 Å². The van der Waals surface area contributed by atoms with Crippen molar-refractivity contribution in [2.45, 2.75) is 11.8 Å². The number of nitrogens with one attached hydrogen (secondary N) is 2. The Morgan fingerprint density at radius 2 is 1.64 bits per heavy atom. The molecule has 13 heteroatoms. The molecule has 2 aromatic rings. The molecule has 0 atom stereocenters. The van der Waals surface area contributed by atoms with E-state index in [1.165, 1.54) is 30.3 Å². The lowest BCUT2D eigenvalue weighted by Crippen LogP contribution is -2.29. The monoisotopic (exact) mass is 477 g/mol. The van der Waals surface area contributed by atoms with Gasteiger partial charge in [0.2, 0.25) is 0 Å². The van der Waals surface area contributed by atoms with Crippen LogP contribution in [0, 0.1) is 0 Å². The number of methoxy groups -OCH3 is 2. The molecule has 0 saturated heterocycles. The van der Waals surface area contributed by atoms with Gasteiger partial charge in [-0.25, -0.2) is 9.59 Å². The number of esters is 2. The van der Waals surface area contributed by atoms with Crippen molar-refractivity contribution in [1.82, 2.24) is 0 Å². The van der Waals surface area contributed by atoms with Gasteiger partial charge < -0.3 is 14.8 Å². The molecular weight excluding hydrogens is 458 g/mol. The van der Waals surface area contributed by atoms with E-state index in [0.717, 1.165) is 33.3 Å². The number of Topliss-reactive ketones (excluding diaryl/α,β-unsaturated/α-hetero) is 1. The quantitative estimate of drug-likeness (QED) is 0.166. The Morgan fingerprint density at radius 3 is 2.21 bits per heavy atom. The van der Waals surface area contributed by atoms with E-state index in [0.29, 0.717) is 0 Å². The van der Waals surface area contributed by atoms with E-state index in [9.17, 15) is 27.6 Å². The number of carbonyl (C=O) groups is 4. The van der Waals surface area contributed by atoms with Crippen LogP contribution in [-0.2, 0) is 29.2 Å². The largest absolute Gasteiger partial charge is 0.465 e. The van der Waals surface area contributed by atoms with Gasteiger partial charge in [-0.05, 0) is 36.4 Å². The highest BCUT2D eigenvalue weighted by atomic mass is 32.2. The van der Waals surface area contributed by atoms with Crippen LogP contribution in [0.2, 0.25) is 0 Å². The molecular formula is C20H19N3O9S. The SMILES string of the molecule is COC(=O)c1ccc(C(=O)OC)c(N/N=C(/C(C)=O)C(=O)Nc2cccc(S(=O)(=O)O)c2)c1. The van der Waals surface area contributed by atoms with Gasteiger partial charge in [0.1, 0.15) is 0 Å². The van der Waals surface area contributed by atoms with Crippen LogP contribution in [0.25, 0.3) is 0 Å². The number of carbonyl (C=O) groups excluding carboxylic acids is 4. The number of ether oxygens (including phenoxy) is 2. The van der Waals surface area contributed by atoms with Gasteiger partial charge in [-0.1, -0.05) is 6.07 Å². The minimum absolute atomic E-state index is 0.0352. The fourth-order valence-electron chi connectivity index (χ4n) is 2.50. The Hall–Kier alpha value is -4.10. The summed E-state index contributed by atoms with van der Waals surface area (Å²) in [6, 6.07) is 8.48. The van der Waals surface area contributed by atoms with Gasteiger partial charge in [-0.2, -0.15) is 13.5 Å². The second-order valence-electron chi connectivity index (χ2n) is 6.33. The summed E-state index contributed by atoms with van der Waals surface area (Å²) >= 11 is 0. The molecule has 1 amide bonds. The average Bonchev–Trinajstić information content (AvgIpc) is 2.77. The molecule has 0 radical (unpaired) electrons. The molecule has 0 aliphatic carbocycles. The summed E-state index contributed by atoms with van der Waals surface area (Å²) in [6.07, 6.45) is 0. The lowest BCUT2D eigenvalue weighted by Gasteiger charge is -2.11. The van der Waals surface area contributed by atoms with E-state index >= 15 is 0 Å². The molecule has 0 aliphatic rings. The molecule has 12 nitrogen and oxygen atoms in total. The molecule has 0 unspecified atom stereocenters. The molecule has 0 spiro atoms. The highest BCUT2D eigenvalue weighted by Crippen LogP contribution is 2.20. The topological polar surface area (TPSA) is 178 Å². The lowest BCUT2D eigenvalue weighted by atomic mass is 10.1. The predicted octanol–water partition coefficient (Wildman–Crippen LogP) is 1.50. The Morgan fingerprint density at radius 1 is 0.970 bits per heavy atom. The van der Waals surface area contributed by atoms with E-state index in [2.05, 4.69) is 25.3 Å². The first-order valence-electron chi connectivity index (χ1n) is 9.02. The summed E-state index contributed by atoms with van der Waals surface area (Å²) in [6.45, 7) is 1.06. The summed E-state index contributed by atoms with van der Waals surface area (Å²) in [4.78, 5) is 47.9. The number of hydrogen-bond donors (Lipinski definition) is 3. The van der Waals surface area contributed by atoms with Crippen molar-refractivity contribution in [1.29, 1.82) is 0 Å². The maximum absolute atomic E-state index is 12.6. The number of rotatable bonds is 8. The third kappa shape index (κ3) is 6.44. The van der Waals surface area contributed by atoms with Crippen molar-refractivity contribution in [3.63, 3.8) is 0 Å². The predicted molar refractivity (Wildman–Crippen MR) is 116 cm³/mol. The van der Waals surface area contributed by atoms with Crippen LogP contribution in [0.3, 0.4) is 0 Å². The zero-order valence-corrected chi connectivity index (χ0v) is 18.4. The molecule has 33 heavy (non-hydrogen) atoms. The summed E-state index contributed by atoms with van der Waals surface area (Å²) in [5, 5.41) is 6.03. The van der Waals surface area contributed by atoms with Crippen LogP contribution in [0.1, 0.15) is 27.6 Å². The van der Waals surface area contributed by atoms with Crippen molar-refractivity contribution >= 4 is 50.8 Å². The number of ketones is 1. The van der Waals surface area contributed by atoms with Crippen molar-refractivity contribution in [2.24, 2.45) is 5.10 Å². The van der Waals surface area contributed by atoms with Crippen LogP contribution < -0.4 is 10.7 Å². The lowest BCUT2D eigenvalue weighted by molar-refractivity contribution is -0.114. The molecule has 0 aromatic heterocycles. The first kappa shape index (κ1) is 25.2. The first-order chi connectivity index (χ1) is 15.5. The zero-order chi connectivity index (χ0) is 24.8. The van der Waals surface area contributed by atoms with E-state index in [-0.39, 0.29) is 22.5 Å². The molecule has 0 bridgehead atoms. The van der Waals surface area contributed by atoms with Crippen LogP contribution in [0.15, 0.2) is 52.5 Å². The first-order valence-corrected chi connectivity index (χ1v) is 10.5. The number of hydrogen-bond acceptors (Lipinski definition) is 10. The molecule has 174 valence electrons. The van der Waals surface area contributed by atoms with Crippen molar-refractivity contribution < 1.29 is 41.6 Å². The summed E-state index contributed by atoms with van der Waals surface area (Å²) < 4.78 is 40.9. The second-order valence-corrected chi connectivity index (χ2v) is 7.75. The zero-order valence-electron chi connectivity index (χ0n) is 17.6. The average molecular weight is 477 g/mol. The van der Waals surface area contributed by atoms with Gasteiger partial charge in [0, 0.05) is 12.6 Å². The van der Waals surface area contributed by atoms with Gasteiger partial charge in [-0.3, -0.25) is 19.6 Å². The van der Waals surface area contributed by atoms with Crippen LogP contribution in [0.4, 0.5) is 11.4 Å².